The summed E-state index contributed by atoms with van der Waals surface area (Å²) in [6.45, 7) is 5.53. The van der Waals surface area contributed by atoms with E-state index in [1.54, 1.807) is 0 Å². The summed E-state index contributed by atoms with van der Waals surface area (Å²) in [6, 6.07) is 0.154. The molecule has 1 saturated heterocycles. The Kier molecular flexibility index (Phi) is 5.67. The molecule has 2 rings (SSSR count). The molecule has 1 N–H and O–H groups in total. The first-order chi connectivity index (χ1) is 9.32. The predicted molar refractivity (Wildman–Crippen MR) is 75.1 cm³/mol. The SMILES string of the molecule is CCCNC(C1=CCCCO1)C1(OC)CCOCC1. The number of rotatable bonds is 6. The molecule has 1 atom stereocenters. The zero-order valence-electron chi connectivity index (χ0n) is 12.2. The Morgan fingerprint density at radius 1 is 1.37 bits per heavy atom. The van der Waals surface area contributed by atoms with Crippen LogP contribution in [-0.2, 0) is 14.2 Å². The quantitative estimate of drug-likeness (QED) is 0.803. The van der Waals surface area contributed by atoms with E-state index in [4.69, 9.17) is 14.2 Å². The van der Waals surface area contributed by atoms with Gasteiger partial charge >= 0.3 is 0 Å². The number of hydrogen-bond acceptors (Lipinski definition) is 4. The Balaban J connectivity index is 2.16. The van der Waals surface area contributed by atoms with Gasteiger partial charge in [0.2, 0.25) is 0 Å². The minimum Gasteiger partial charge on any atom is -0.496 e. The predicted octanol–water partition coefficient (Wildman–Crippen LogP) is 2.24. The molecule has 4 heteroatoms. The second-order valence-corrected chi connectivity index (χ2v) is 5.37. The lowest BCUT2D eigenvalue weighted by molar-refractivity contribution is -0.111. The first-order valence-electron chi connectivity index (χ1n) is 7.51. The monoisotopic (exact) mass is 269 g/mol. The molecule has 0 spiro atoms. The molecule has 110 valence electrons. The molecule has 1 unspecified atom stereocenters. The summed E-state index contributed by atoms with van der Waals surface area (Å²) in [4.78, 5) is 0. The maximum absolute atomic E-state index is 5.93. The second kappa shape index (κ2) is 7.27. The molecule has 0 aromatic rings. The zero-order chi connectivity index (χ0) is 13.6. The largest absolute Gasteiger partial charge is 0.496 e. The molecule has 4 nitrogen and oxygen atoms in total. The van der Waals surface area contributed by atoms with Crippen LogP contribution >= 0.6 is 0 Å². The van der Waals surface area contributed by atoms with E-state index in [0.717, 1.165) is 64.2 Å². The summed E-state index contributed by atoms with van der Waals surface area (Å²) in [5.41, 5.74) is -0.184. The van der Waals surface area contributed by atoms with Crippen LogP contribution < -0.4 is 5.32 Å². The van der Waals surface area contributed by atoms with Crippen LogP contribution in [0.2, 0.25) is 0 Å². The third-order valence-electron chi connectivity index (χ3n) is 4.12. The van der Waals surface area contributed by atoms with Crippen LogP contribution in [0.1, 0.15) is 39.0 Å². The van der Waals surface area contributed by atoms with Gasteiger partial charge in [-0.15, -0.1) is 0 Å². The third-order valence-corrected chi connectivity index (χ3v) is 4.12. The van der Waals surface area contributed by atoms with Gasteiger partial charge in [0.15, 0.2) is 0 Å². The summed E-state index contributed by atoms with van der Waals surface area (Å²) >= 11 is 0. The topological polar surface area (TPSA) is 39.7 Å². The van der Waals surface area contributed by atoms with Gasteiger partial charge in [0.25, 0.3) is 0 Å². The van der Waals surface area contributed by atoms with E-state index < -0.39 is 0 Å². The van der Waals surface area contributed by atoms with E-state index >= 15 is 0 Å². The lowest BCUT2D eigenvalue weighted by Crippen LogP contribution is -2.56. The van der Waals surface area contributed by atoms with Crippen molar-refractivity contribution < 1.29 is 14.2 Å². The highest BCUT2D eigenvalue weighted by atomic mass is 16.5. The standard InChI is InChI=1S/C15H27NO3/c1-3-9-16-14(13-6-4-5-10-19-13)15(17-2)7-11-18-12-8-15/h6,14,16H,3-5,7-12H2,1-2H3. The van der Waals surface area contributed by atoms with Gasteiger partial charge in [-0.2, -0.15) is 0 Å². The van der Waals surface area contributed by atoms with Gasteiger partial charge in [0, 0.05) is 33.2 Å². The maximum Gasteiger partial charge on any atom is 0.112 e. The number of nitrogens with one attached hydrogen (secondary N) is 1. The van der Waals surface area contributed by atoms with E-state index in [0.29, 0.717) is 0 Å². The fraction of sp³-hybridized carbons (Fsp3) is 0.867. The van der Waals surface area contributed by atoms with Crippen molar-refractivity contribution in [3.63, 3.8) is 0 Å². The van der Waals surface area contributed by atoms with Crippen molar-refractivity contribution in [3.05, 3.63) is 11.8 Å². The van der Waals surface area contributed by atoms with Gasteiger partial charge < -0.3 is 19.5 Å². The van der Waals surface area contributed by atoms with E-state index in [1.165, 1.54) is 0 Å². The average molecular weight is 269 g/mol. The van der Waals surface area contributed by atoms with Crippen LogP contribution in [0.25, 0.3) is 0 Å². The summed E-state index contributed by atoms with van der Waals surface area (Å²) in [5, 5.41) is 3.63. The molecule has 1 fully saturated rings. The van der Waals surface area contributed by atoms with Crippen molar-refractivity contribution in [1.29, 1.82) is 0 Å². The summed E-state index contributed by atoms with van der Waals surface area (Å²) in [7, 11) is 1.81. The minimum absolute atomic E-state index is 0.154. The summed E-state index contributed by atoms with van der Waals surface area (Å²) < 4.78 is 17.3. The van der Waals surface area contributed by atoms with Crippen molar-refractivity contribution >= 4 is 0 Å². The van der Waals surface area contributed by atoms with Crippen LogP contribution in [0.3, 0.4) is 0 Å². The molecular weight excluding hydrogens is 242 g/mol. The molecule has 0 aromatic carbocycles. The number of methoxy groups -OCH3 is 1. The Morgan fingerprint density at radius 3 is 2.74 bits per heavy atom. The van der Waals surface area contributed by atoms with Gasteiger partial charge in [-0.3, -0.25) is 0 Å². The van der Waals surface area contributed by atoms with E-state index in [9.17, 15) is 0 Å². The number of hydrogen-bond donors (Lipinski definition) is 1. The molecule has 0 amide bonds. The highest BCUT2D eigenvalue weighted by molar-refractivity contribution is 5.14. The Hall–Kier alpha value is -0.580. The minimum atomic E-state index is -0.184. The van der Waals surface area contributed by atoms with Crippen molar-refractivity contribution in [2.24, 2.45) is 0 Å². The van der Waals surface area contributed by atoms with Crippen LogP contribution in [0.4, 0.5) is 0 Å². The molecule has 0 radical (unpaired) electrons. The summed E-state index contributed by atoms with van der Waals surface area (Å²) in [5.74, 6) is 1.07. The third kappa shape index (κ3) is 3.50. The smallest absolute Gasteiger partial charge is 0.112 e. The van der Waals surface area contributed by atoms with E-state index in [1.807, 2.05) is 7.11 Å². The van der Waals surface area contributed by atoms with Crippen LogP contribution in [0.5, 0.6) is 0 Å². The van der Waals surface area contributed by atoms with Gasteiger partial charge in [-0.05, 0) is 31.9 Å². The Morgan fingerprint density at radius 2 is 2.16 bits per heavy atom. The molecule has 19 heavy (non-hydrogen) atoms. The normalized spacial score (nSPS) is 24.4. The summed E-state index contributed by atoms with van der Waals surface area (Å²) in [6.07, 6.45) is 7.41. The van der Waals surface area contributed by atoms with Crippen LogP contribution in [0.15, 0.2) is 11.8 Å². The van der Waals surface area contributed by atoms with Gasteiger partial charge in [0.1, 0.15) is 5.76 Å². The fourth-order valence-corrected chi connectivity index (χ4v) is 2.94. The first-order valence-corrected chi connectivity index (χ1v) is 7.51. The van der Waals surface area contributed by atoms with Crippen molar-refractivity contribution in [2.45, 2.75) is 50.7 Å². The lowest BCUT2D eigenvalue weighted by atomic mass is 9.84. The first kappa shape index (κ1) is 14.8. The Labute approximate surface area is 116 Å². The van der Waals surface area contributed by atoms with Gasteiger partial charge in [-0.1, -0.05) is 6.92 Å². The highest BCUT2D eigenvalue weighted by Crippen LogP contribution is 2.33. The zero-order valence-corrected chi connectivity index (χ0v) is 12.2. The van der Waals surface area contributed by atoms with E-state index in [2.05, 4.69) is 18.3 Å². The lowest BCUT2D eigenvalue weighted by Gasteiger charge is -2.43. The maximum atomic E-state index is 5.93. The van der Waals surface area contributed by atoms with Gasteiger partial charge in [-0.25, -0.2) is 0 Å². The van der Waals surface area contributed by atoms with Gasteiger partial charge in [0.05, 0.1) is 18.2 Å². The van der Waals surface area contributed by atoms with Crippen molar-refractivity contribution in [3.8, 4) is 0 Å². The van der Waals surface area contributed by atoms with E-state index in [-0.39, 0.29) is 11.6 Å². The molecule has 2 aliphatic rings. The number of allylic oxidation sites excluding steroid dienone is 1. The molecular formula is C15H27NO3. The van der Waals surface area contributed by atoms with Crippen molar-refractivity contribution in [2.75, 3.05) is 33.5 Å². The molecule has 0 saturated carbocycles. The Bertz CT molecular complexity index is 298. The highest BCUT2D eigenvalue weighted by Gasteiger charge is 2.43. The van der Waals surface area contributed by atoms with Crippen LogP contribution in [0, 0.1) is 0 Å². The molecule has 0 aliphatic carbocycles. The molecule has 2 heterocycles. The fourth-order valence-electron chi connectivity index (χ4n) is 2.94. The molecule has 2 aliphatic heterocycles. The molecule has 0 bridgehead atoms. The average Bonchev–Trinajstić information content (AvgIpc) is 2.49. The second-order valence-electron chi connectivity index (χ2n) is 5.37. The van der Waals surface area contributed by atoms with Crippen molar-refractivity contribution in [1.82, 2.24) is 5.32 Å². The number of ether oxygens (including phenoxy) is 3. The molecule has 0 aromatic heterocycles. The van der Waals surface area contributed by atoms with Crippen LogP contribution in [-0.4, -0.2) is 45.1 Å².